The van der Waals surface area contributed by atoms with E-state index in [1.807, 2.05) is 0 Å². The molecule has 0 aliphatic heterocycles. The summed E-state index contributed by atoms with van der Waals surface area (Å²) in [6.07, 6.45) is 0. The number of hydrogen-bond donors (Lipinski definition) is 2. The van der Waals surface area contributed by atoms with Crippen LogP contribution in [0.5, 0.6) is 0 Å². The van der Waals surface area contributed by atoms with Crippen molar-refractivity contribution in [3.8, 4) is 11.8 Å². The molecule has 0 fully saturated rings. The Balaban J connectivity index is 2.13. The maximum atomic E-state index is 13.2. The monoisotopic (exact) mass is 288 g/mol. The average Bonchev–Trinajstić information content (AvgIpc) is 2.83. The minimum atomic E-state index is -0.375. The molecule has 3 N–H and O–H groups in total. The summed E-state index contributed by atoms with van der Waals surface area (Å²) >= 11 is 1.37. The van der Waals surface area contributed by atoms with Gasteiger partial charge in [-0.15, -0.1) is 11.3 Å². The van der Waals surface area contributed by atoms with Gasteiger partial charge in [-0.25, -0.2) is 4.39 Å². The molecule has 0 aliphatic rings. The number of halogens is 1. The minimum absolute atomic E-state index is 0.280. The number of carbonyl (C=O) groups excluding carboxylic acids is 1. The van der Waals surface area contributed by atoms with E-state index in [2.05, 4.69) is 17.2 Å². The number of carbonyl (C=O) groups is 1. The van der Waals surface area contributed by atoms with E-state index in [0.717, 1.165) is 10.4 Å². The Labute approximate surface area is 120 Å². The van der Waals surface area contributed by atoms with Crippen molar-refractivity contribution in [2.75, 3.05) is 11.9 Å². The van der Waals surface area contributed by atoms with Crippen molar-refractivity contribution >= 4 is 22.9 Å². The van der Waals surface area contributed by atoms with E-state index in [9.17, 15) is 9.18 Å². The third-order valence-corrected chi connectivity index (χ3v) is 3.32. The second kappa shape index (κ2) is 6.33. The van der Waals surface area contributed by atoms with E-state index < -0.39 is 0 Å². The standard InChI is InChI=1S/C15H13FN2OS/c1-10-5-12(16)8-13(6-10)18-15(19)11-7-14(20-9-11)3-2-4-17/h5-9H,4,17H2,1H3,(H,18,19). The number of benzene rings is 1. The van der Waals surface area contributed by atoms with E-state index in [0.29, 0.717) is 11.3 Å². The summed E-state index contributed by atoms with van der Waals surface area (Å²) in [7, 11) is 0. The van der Waals surface area contributed by atoms with E-state index >= 15 is 0 Å². The minimum Gasteiger partial charge on any atom is -0.322 e. The molecule has 0 atom stereocenters. The summed E-state index contributed by atoms with van der Waals surface area (Å²) in [4.78, 5) is 12.8. The summed E-state index contributed by atoms with van der Waals surface area (Å²) in [5.41, 5.74) is 6.98. The lowest BCUT2D eigenvalue weighted by Crippen LogP contribution is -2.11. The van der Waals surface area contributed by atoms with Gasteiger partial charge in [-0.05, 0) is 36.8 Å². The number of amides is 1. The fourth-order valence-electron chi connectivity index (χ4n) is 1.67. The highest BCUT2D eigenvalue weighted by molar-refractivity contribution is 7.10. The Hall–Kier alpha value is -2.16. The number of anilines is 1. The van der Waals surface area contributed by atoms with Gasteiger partial charge < -0.3 is 11.1 Å². The zero-order valence-electron chi connectivity index (χ0n) is 10.9. The second-order valence-corrected chi connectivity index (χ2v) is 5.09. The van der Waals surface area contributed by atoms with Crippen LogP contribution >= 0.6 is 11.3 Å². The van der Waals surface area contributed by atoms with Crippen LogP contribution in [0.3, 0.4) is 0 Å². The summed E-state index contributed by atoms with van der Waals surface area (Å²) in [6, 6.07) is 6.09. The first-order valence-electron chi connectivity index (χ1n) is 5.94. The Kier molecular flexibility index (Phi) is 4.51. The molecule has 102 valence electrons. The Morgan fingerprint density at radius 2 is 2.20 bits per heavy atom. The molecular weight excluding hydrogens is 275 g/mol. The number of rotatable bonds is 2. The van der Waals surface area contributed by atoms with Gasteiger partial charge in [-0.3, -0.25) is 4.79 Å². The van der Waals surface area contributed by atoms with Crippen molar-refractivity contribution in [2.24, 2.45) is 5.73 Å². The molecule has 0 saturated heterocycles. The smallest absolute Gasteiger partial charge is 0.256 e. The largest absolute Gasteiger partial charge is 0.322 e. The normalized spacial score (nSPS) is 9.75. The van der Waals surface area contributed by atoms with Crippen molar-refractivity contribution in [2.45, 2.75) is 6.92 Å². The Morgan fingerprint density at radius 1 is 1.40 bits per heavy atom. The van der Waals surface area contributed by atoms with Gasteiger partial charge in [0.2, 0.25) is 0 Å². The van der Waals surface area contributed by atoms with Gasteiger partial charge in [0.1, 0.15) is 5.82 Å². The van der Waals surface area contributed by atoms with Crippen LogP contribution in [0.25, 0.3) is 0 Å². The molecule has 0 radical (unpaired) electrons. The molecule has 0 saturated carbocycles. The molecule has 1 aromatic carbocycles. The van der Waals surface area contributed by atoms with Crippen molar-refractivity contribution < 1.29 is 9.18 Å². The molecule has 2 rings (SSSR count). The fourth-order valence-corrected chi connectivity index (χ4v) is 2.43. The Morgan fingerprint density at radius 3 is 2.90 bits per heavy atom. The highest BCUT2D eigenvalue weighted by Gasteiger charge is 2.09. The predicted molar refractivity (Wildman–Crippen MR) is 79.3 cm³/mol. The second-order valence-electron chi connectivity index (χ2n) is 4.18. The molecule has 20 heavy (non-hydrogen) atoms. The van der Waals surface area contributed by atoms with Gasteiger partial charge in [0.25, 0.3) is 5.91 Å². The molecule has 0 bridgehead atoms. The van der Waals surface area contributed by atoms with E-state index in [-0.39, 0.29) is 18.3 Å². The van der Waals surface area contributed by atoms with Gasteiger partial charge >= 0.3 is 0 Å². The molecule has 1 amide bonds. The van der Waals surface area contributed by atoms with Crippen molar-refractivity contribution in [3.63, 3.8) is 0 Å². The SMILES string of the molecule is Cc1cc(F)cc(NC(=O)c2csc(C#CCN)c2)c1. The number of nitrogens with two attached hydrogens (primary N) is 1. The van der Waals surface area contributed by atoms with Crippen molar-refractivity contribution in [1.29, 1.82) is 0 Å². The lowest BCUT2D eigenvalue weighted by molar-refractivity contribution is 0.102. The van der Waals surface area contributed by atoms with Gasteiger partial charge in [0.05, 0.1) is 17.0 Å². The van der Waals surface area contributed by atoms with Crippen LogP contribution in [-0.4, -0.2) is 12.5 Å². The molecule has 5 heteroatoms. The summed E-state index contributed by atoms with van der Waals surface area (Å²) in [5.74, 6) is 4.93. The predicted octanol–water partition coefficient (Wildman–Crippen LogP) is 2.76. The van der Waals surface area contributed by atoms with Crippen LogP contribution in [0.2, 0.25) is 0 Å². The third kappa shape index (κ3) is 3.67. The lowest BCUT2D eigenvalue weighted by Gasteiger charge is -2.05. The molecule has 0 unspecified atom stereocenters. The molecule has 3 nitrogen and oxygen atoms in total. The molecule has 1 heterocycles. The maximum absolute atomic E-state index is 13.2. The van der Waals surface area contributed by atoms with Crippen molar-refractivity contribution in [3.05, 3.63) is 51.5 Å². The number of thiophene rings is 1. The molecular formula is C15H13FN2OS. The van der Waals surface area contributed by atoms with Crippen molar-refractivity contribution in [1.82, 2.24) is 0 Å². The lowest BCUT2D eigenvalue weighted by atomic mass is 10.2. The van der Waals surface area contributed by atoms with Crippen LogP contribution in [0.15, 0.2) is 29.6 Å². The van der Waals surface area contributed by atoms with Gasteiger partial charge in [0.15, 0.2) is 0 Å². The van der Waals surface area contributed by atoms with Crippen LogP contribution in [0.1, 0.15) is 20.8 Å². The third-order valence-electron chi connectivity index (χ3n) is 2.48. The number of hydrogen-bond acceptors (Lipinski definition) is 3. The molecule has 1 aromatic heterocycles. The van der Waals surface area contributed by atoms with Crippen LogP contribution in [0, 0.1) is 24.6 Å². The molecule has 2 aromatic rings. The zero-order chi connectivity index (χ0) is 14.5. The molecule has 0 aliphatic carbocycles. The van der Waals surface area contributed by atoms with Gasteiger partial charge in [-0.2, -0.15) is 0 Å². The molecule has 0 spiro atoms. The zero-order valence-corrected chi connectivity index (χ0v) is 11.7. The summed E-state index contributed by atoms with van der Waals surface area (Å²) < 4.78 is 13.2. The fraction of sp³-hybridized carbons (Fsp3) is 0.133. The van der Waals surface area contributed by atoms with Gasteiger partial charge in [0, 0.05) is 11.1 Å². The number of nitrogens with one attached hydrogen (secondary N) is 1. The first-order chi connectivity index (χ1) is 9.58. The Bertz CT molecular complexity index is 677. The van der Waals surface area contributed by atoms with Gasteiger partial charge in [-0.1, -0.05) is 11.8 Å². The van der Waals surface area contributed by atoms with E-state index in [1.165, 1.54) is 23.5 Å². The van der Waals surface area contributed by atoms with E-state index in [1.54, 1.807) is 24.4 Å². The quantitative estimate of drug-likeness (QED) is 0.835. The average molecular weight is 288 g/mol. The number of aryl methyl sites for hydroxylation is 1. The highest BCUT2D eigenvalue weighted by atomic mass is 32.1. The first kappa shape index (κ1) is 14.3. The van der Waals surface area contributed by atoms with Crippen LogP contribution < -0.4 is 11.1 Å². The van der Waals surface area contributed by atoms with E-state index in [4.69, 9.17) is 5.73 Å². The van der Waals surface area contributed by atoms with Crippen LogP contribution in [-0.2, 0) is 0 Å². The summed E-state index contributed by atoms with van der Waals surface area (Å²) in [6.45, 7) is 2.05. The summed E-state index contributed by atoms with van der Waals surface area (Å²) in [5, 5.41) is 4.37. The maximum Gasteiger partial charge on any atom is 0.256 e. The first-order valence-corrected chi connectivity index (χ1v) is 6.82. The topological polar surface area (TPSA) is 55.1 Å². The highest BCUT2D eigenvalue weighted by Crippen LogP contribution is 2.17. The van der Waals surface area contributed by atoms with Crippen LogP contribution in [0.4, 0.5) is 10.1 Å².